The minimum atomic E-state index is 0.0729. The molecule has 1 saturated heterocycles. The van der Waals surface area contributed by atoms with E-state index in [4.69, 9.17) is 4.74 Å². The van der Waals surface area contributed by atoms with E-state index in [-0.39, 0.29) is 18.4 Å². The molecule has 0 N–H and O–H groups in total. The van der Waals surface area contributed by atoms with Gasteiger partial charge in [0.15, 0.2) is 0 Å². The van der Waals surface area contributed by atoms with Gasteiger partial charge in [-0.3, -0.25) is 9.59 Å². The largest absolute Gasteiger partial charge is 0.371 e. The normalized spacial score (nSPS) is 22.6. The number of carbonyl (C=O) groups is 2. The third kappa shape index (κ3) is 5.20. The number of hydrogen-bond acceptors (Lipinski definition) is 3. The second kappa shape index (κ2) is 8.13. The van der Waals surface area contributed by atoms with Crippen LogP contribution in [0.15, 0.2) is 0 Å². The molecule has 3 rings (SSSR count). The van der Waals surface area contributed by atoms with Crippen molar-refractivity contribution in [3.63, 3.8) is 0 Å². The summed E-state index contributed by atoms with van der Waals surface area (Å²) < 4.78 is 5.47. The van der Waals surface area contributed by atoms with E-state index in [0.717, 1.165) is 18.9 Å². The van der Waals surface area contributed by atoms with Crippen molar-refractivity contribution in [2.75, 3.05) is 39.4 Å². The highest BCUT2D eigenvalue weighted by Crippen LogP contribution is 2.29. The van der Waals surface area contributed by atoms with Gasteiger partial charge in [0.2, 0.25) is 11.8 Å². The molecule has 1 heterocycles. The third-order valence-electron chi connectivity index (χ3n) is 5.50. The molecule has 0 aromatic heterocycles. The lowest BCUT2D eigenvalue weighted by Gasteiger charge is -2.35. The Morgan fingerprint density at radius 1 is 0.826 bits per heavy atom. The van der Waals surface area contributed by atoms with Gasteiger partial charge in [0.05, 0.1) is 6.61 Å². The van der Waals surface area contributed by atoms with Gasteiger partial charge in [0.25, 0.3) is 0 Å². The van der Waals surface area contributed by atoms with Crippen LogP contribution in [0.3, 0.4) is 0 Å². The summed E-state index contributed by atoms with van der Waals surface area (Å²) in [6.07, 6.45) is 9.50. The van der Waals surface area contributed by atoms with Crippen LogP contribution in [0.25, 0.3) is 0 Å². The van der Waals surface area contributed by atoms with Crippen molar-refractivity contribution < 1.29 is 14.3 Å². The van der Waals surface area contributed by atoms with Gasteiger partial charge in [-0.05, 0) is 31.1 Å². The van der Waals surface area contributed by atoms with Gasteiger partial charge in [-0.1, -0.05) is 25.7 Å². The first-order valence-corrected chi connectivity index (χ1v) is 9.35. The second-order valence-corrected chi connectivity index (χ2v) is 7.41. The minimum Gasteiger partial charge on any atom is -0.371 e. The lowest BCUT2D eigenvalue weighted by molar-refractivity contribution is -0.142. The molecule has 23 heavy (non-hydrogen) atoms. The quantitative estimate of drug-likeness (QED) is 0.721. The molecule has 130 valence electrons. The molecule has 0 bridgehead atoms. The summed E-state index contributed by atoms with van der Waals surface area (Å²) in [6.45, 7) is 3.59. The number of rotatable bonds is 7. The van der Waals surface area contributed by atoms with Gasteiger partial charge in [-0.25, -0.2) is 0 Å². The van der Waals surface area contributed by atoms with E-state index in [1.54, 1.807) is 0 Å². The smallest absolute Gasteiger partial charge is 0.248 e. The van der Waals surface area contributed by atoms with E-state index in [1.807, 2.05) is 9.80 Å². The molecule has 0 radical (unpaired) electrons. The average molecular weight is 322 g/mol. The first-order valence-electron chi connectivity index (χ1n) is 9.35. The Hall–Kier alpha value is -1.10. The zero-order chi connectivity index (χ0) is 16.1. The lowest BCUT2D eigenvalue weighted by atomic mass is 10.0. The fraction of sp³-hybridized carbons (Fsp3) is 0.889. The van der Waals surface area contributed by atoms with Crippen molar-refractivity contribution in [3.05, 3.63) is 0 Å². The summed E-state index contributed by atoms with van der Waals surface area (Å²) in [5, 5.41) is 0. The number of ether oxygens (including phenoxy) is 1. The van der Waals surface area contributed by atoms with Gasteiger partial charge in [-0.2, -0.15) is 0 Å². The maximum Gasteiger partial charge on any atom is 0.248 e. The predicted molar refractivity (Wildman–Crippen MR) is 87.9 cm³/mol. The number of carbonyl (C=O) groups excluding carboxylic acids is 2. The predicted octanol–water partition coefficient (Wildman–Crippen LogP) is 2.05. The highest BCUT2D eigenvalue weighted by Gasteiger charge is 2.26. The molecular formula is C18H30N2O3. The Bertz CT molecular complexity index is 408. The first-order chi connectivity index (χ1) is 11.2. The van der Waals surface area contributed by atoms with Crippen LogP contribution in [-0.4, -0.2) is 61.0 Å². The molecule has 1 aliphatic heterocycles. The molecule has 5 nitrogen and oxygen atoms in total. The third-order valence-corrected chi connectivity index (χ3v) is 5.50. The molecule has 0 aromatic carbocycles. The van der Waals surface area contributed by atoms with Crippen molar-refractivity contribution in [2.24, 2.45) is 11.8 Å². The summed E-state index contributed by atoms with van der Waals surface area (Å²) in [4.78, 5) is 28.1. The number of piperazine rings is 1. The molecule has 3 fully saturated rings. The number of nitrogens with zero attached hydrogens (tertiary/aromatic N) is 2. The molecular weight excluding hydrogens is 292 g/mol. The fourth-order valence-corrected chi connectivity index (χ4v) is 3.68. The topological polar surface area (TPSA) is 49.9 Å². The minimum absolute atomic E-state index is 0.0729. The van der Waals surface area contributed by atoms with Gasteiger partial charge in [0, 0.05) is 32.6 Å². The highest BCUT2D eigenvalue weighted by molar-refractivity contribution is 5.79. The van der Waals surface area contributed by atoms with Crippen molar-refractivity contribution in [1.82, 2.24) is 9.80 Å². The SMILES string of the molecule is O=C(CCC1CCCC1)N1CCN(C(=O)COCC2CC2)CC1. The van der Waals surface area contributed by atoms with E-state index in [2.05, 4.69) is 0 Å². The van der Waals surface area contributed by atoms with Gasteiger partial charge >= 0.3 is 0 Å². The van der Waals surface area contributed by atoms with E-state index in [9.17, 15) is 9.59 Å². The molecule has 0 atom stereocenters. The van der Waals surface area contributed by atoms with Gasteiger partial charge in [0.1, 0.15) is 6.61 Å². The van der Waals surface area contributed by atoms with Crippen molar-refractivity contribution in [1.29, 1.82) is 0 Å². The average Bonchev–Trinajstić information content (AvgIpc) is 3.25. The molecule has 2 amide bonds. The fourth-order valence-electron chi connectivity index (χ4n) is 3.68. The Labute approximate surface area is 139 Å². The zero-order valence-electron chi connectivity index (χ0n) is 14.2. The summed E-state index contributed by atoms with van der Waals surface area (Å²) in [7, 11) is 0. The lowest BCUT2D eigenvalue weighted by Crippen LogP contribution is -2.51. The maximum atomic E-state index is 12.3. The van der Waals surface area contributed by atoms with Crippen molar-refractivity contribution in [3.8, 4) is 0 Å². The Kier molecular flexibility index (Phi) is 5.92. The summed E-state index contributed by atoms with van der Waals surface area (Å²) in [6, 6.07) is 0. The first kappa shape index (κ1) is 16.7. The summed E-state index contributed by atoms with van der Waals surface area (Å²) in [5.41, 5.74) is 0. The van der Waals surface area contributed by atoms with Crippen LogP contribution in [-0.2, 0) is 14.3 Å². The molecule has 5 heteroatoms. The van der Waals surface area contributed by atoms with Crippen LogP contribution in [0.5, 0.6) is 0 Å². The van der Waals surface area contributed by atoms with Crippen LogP contribution in [0.2, 0.25) is 0 Å². The second-order valence-electron chi connectivity index (χ2n) is 7.41. The molecule has 0 spiro atoms. The van der Waals surface area contributed by atoms with Crippen LogP contribution < -0.4 is 0 Å². The summed E-state index contributed by atoms with van der Waals surface area (Å²) in [5.74, 6) is 1.81. The van der Waals surface area contributed by atoms with Gasteiger partial charge in [-0.15, -0.1) is 0 Å². The van der Waals surface area contributed by atoms with E-state index < -0.39 is 0 Å². The van der Waals surface area contributed by atoms with Crippen molar-refractivity contribution >= 4 is 11.8 Å². The zero-order valence-corrected chi connectivity index (χ0v) is 14.2. The maximum absolute atomic E-state index is 12.3. The van der Waals surface area contributed by atoms with E-state index in [1.165, 1.54) is 38.5 Å². The molecule has 2 saturated carbocycles. The number of hydrogen-bond donors (Lipinski definition) is 0. The Morgan fingerprint density at radius 2 is 1.43 bits per heavy atom. The Morgan fingerprint density at radius 3 is 2.04 bits per heavy atom. The summed E-state index contributed by atoms with van der Waals surface area (Å²) >= 11 is 0. The van der Waals surface area contributed by atoms with E-state index in [0.29, 0.717) is 38.5 Å². The molecule has 3 aliphatic rings. The van der Waals surface area contributed by atoms with Crippen molar-refractivity contribution in [2.45, 2.75) is 51.4 Å². The number of amides is 2. The van der Waals surface area contributed by atoms with Crippen LogP contribution in [0, 0.1) is 11.8 Å². The van der Waals surface area contributed by atoms with Crippen LogP contribution >= 0.6 is 0 Å². The molecule has 0 aromatic rings. The van der Waals surface area contributed by atoms with Gasteiger partial charge < -0.3 is 14.5 Å². The highest BCUT2D eigenvalue weighted by atomic mass is 16.5. The Balaban J connectivity index is 1.30. The standard InChI is InChI=1S/C18H30N2O3/c21-17(8-7-15-3-1-2-4-15)19-9-11-20(12-10-19)18(22)14-23-13-16-5-6-16/h15-16H,1-14H2. The van der Waals surface area contributed by atoms with Crippen LogP contribution in [0.1, 0.15) is 51.4 Å². The molecule has 2 aliphatic carbocycles. The van der Waals surface area contributed by atoms with Crippen LogP contribution in [0.4, 0.5) is 0 Å². The monoisotopic (exact) mass is 322 g/mol. The van der Waals surface area contributed by atoms with E-state index >= 15 is 0 Å². The molecule has 0 unspecified atom stereocenters.